The van der Waals surface area contributed by atoms with Gasteiger partial charge in [0, 0.05) is 11.8 Å². The molecule has 2 aromatic rings. The van der Waals surface area contributed by atoms with E-state index in [0.29, 0.717) is 0 Å². The smallest absolute Gasteiger partial charge is 0.279 e. The van der Waals surface area contributed by atoms with Crippen LogP contribution in [0.15, 0.2) is 53.6 Å². The van der Waals surface area contributed by atoms with Gasteiger partial charge in [0.1, 0.15) is 0 Å². The Labute approximate surface area is 136 Å². The van der Waals surface area contributed by atoms with Crippen molar-refractivity contribution < 1.29 is 4.92 Å². The first-order valence-corrected chi connectivity index (χ1v) is 6.94. The first-order valence-electron chi connectivity index (χ1n) is 6.16. The highest BCUT2D eigenvalue weighted by Gasteiger charge is 2.14. The summed E-state index contributed by atoms with van der Waals surface area (Å²) >= 11 is 11.0. The van der Waals surface area contributed by atoms with E-state index >= 15 is 0 Å². The van der Waals surface area contributed by atoms with Gasteiger partial charge >= 0.3 is 0 Å². The summed E-state index contributed by atoms with van der Waals surface area (Å²) in [4.78, 5) is 10.4. The number of halogens is 1. The second-order valence-electron chi connectivity index (χ2n) is 4.12. The summed E-state index contributed by atoms with van der Waals surface area (Å²) < 4.78 is 0. The molecule has 6 nitrogen and oxygen atoms in total. The van der Waals surface area contributed by atoms with Crippen molar-refractivity contribution in [2.45, 2.75) is 0 Å². The third-order valence-corrected chi connectivity index (χ3v) is 3.14. The lowest BCUT2D eigenvalue weighted by Gasteiger charge is -2.06. The van der Waals surface area contributed by atoms with Crippen LogP contribution in [0.5, 0.6) is 0 Å². The van der Waals surface area contributed by atoms with E-state index in [1.54, 1.807) is 6.07 Å². The maximum absolute atomic E-state index is 10.9. The number of thiocarbonyl (C=S) groups is 1. The number of hydrogen-bond acceptors (Lipinski definition) is 4. The van der Waals surface area contributed by atoms with Crippen molar-refractivity contribution in [3.63, 3.8) is 0 Å². The first kappa shape index (κ1) is 15.9. The number of nitrogens with zero attached hydrogens (tertiary/aromatic N) is 2. The fourth-order valence-corrected chi connectivity index (χ4v) is 2.04. The summed E-state index contributed by atoms with van der Waals surface area (Å²) in [6.45, 7) is 0. The van der Waals surface area contributed by atoms with Crippen LogP contribution in [-0.2, 0) is 0 Å². The van der Waals surface area contributed by atoms with Crippen molar-refractivity contribution >= 4 is 46.5 Å². The summed E-state index contributed by atoms with van der Waals surface area (Å²) in [6, 6.07) is 13.7. The normalized spacial score (nSPS) is 10.4. The van der Waals surface area contributed by atoms with Gasteiger partial charge in [0.25, 0.3) is 5.69 Å². The summed E-state index contributed by atoms with van der Waals surface area (Å²) in [5.41, 5.74) is 3.47. The lowest BCUT2D eigenvalue weighted by atomic mass is 10.2. The second-order valence-corrected chi connectivity index (χ2v) is 4.94. The number of benzene rings is 2. The van der Waals surface area contributed by atoms with Gasteiger partial charge in [-0.3, -0.25) is 15.5 Å². The van der Waals surface area contributed by atoms with Crippen molar-refractivity contribution in [2.75, 3.05) is 5.32 Å². The van der Waals surface area contributed by atoms with E-state index in [4.69, 9.17) is 23.8 Å². The van der Waals surface area contributed by atoms with Crippen LogP contribution in [0, 0.1) is 10.1 Å². The molecule has 8 heteroatoms. The Kier molecular flexibility index (Phi) is 5.40. The van der Waals surface area contributed by atoms with Crippen LogP contribution in [-0.4, -0.2) is 16.3 Å². The summed E-state index contributed by atoms with van der Waals surface area (Å²) in [6.07, 6.45) is 1.26. The molecule has 2 aromatic carbocycles. The molecule has 2 N–H and O–H groups in total. The van der Waals surface area contributed by atoms with Crippen LogP contribution >= 0.6 is 23.8 Å². The SMILES string of the molecule is O=[N+]([O-])c1cccc(Cl)c1/C=N\NC(=S)Nc1ccccc1. The quantitative estimate of drug-likeness (QED) is 0.387. The number of nitro groups is 1. The Morgan fingerprint density at radius 2 is 1.95 bits per heavy atom. The minimum atomic E-state index is -0.520. The molecule has 0 atom stereocenters. The maximum Gasteiger partial charge on any atom is 0.279 e. The average Bonchev–Trinajstić information content (AvgIpc) is 2.49. The summed E-state index contributed by atoms with van der Waals surface area (Å²) in [5, 5.41) is 18.2. The molecule has 0 heterocycles. The molecule has 112 valence electrons. The molecule has 0 radical (unpaired) electrons. The molecule has 0 unspecified atom stereocenters. The van der Waals surface area contributed by atoms with Gasteiger partial charge in [-0.05, 0) is 30.4 Å². The molecular weight excluding hydrogens is 324 g/mol. The maximum atomic E-state index is 10.9. The fraction of sp³-hybridized carbons (Fsp3) is 0. The number of hydrazone groups is 1. The Balaban J connectivity index is 2.04. The minimum absolute atomic E-state index is 0.125. The van der Waals surface area contributed by atoms with E-state index < -0.39 is 4.92 Å². The fourth-order valence-electron chi connectivity index (χ4n) is 1.65. The summed E-state index contributed by atoms with van der Waals surface area (Å²) in [7, 11) is 0. The highest BCUT2D eigenvalue weighted by molar-refractivity contribution is 7.80. The molecule has 2 rings (SSSR count). The lowest BCUT2D eigenvalue weighted by molar-refractivity contribution is -0.385. The predicted molar refractivity (Wildman–Crippen MR) is 91.5 cm³/mol. The average molecular weight is 335 g/mol. The standard InChI is InChI=1S/C14H11ClN4O2S/c15-12-7-4-8-13(19(20)21)11(12)9-16-18-14(22)17-10-5-2-1-3-6-10/h1-9H,(H2,17,18,22)/b16-9-. The van der Waals surface area contributed by atoms with E-state index in [-0.39, 0.29) is 21.4 Å². The monoisotopic (exact) mass is 334 g/mol. The number of anilines is 1. The van der Waals surface area contributed by atoms with E-state index in [9.17, 15) is 10.1 Å². The molecule has 0 saturated carbocycles. The molecule has 0 aliphatic rings. The molecule has 0 fully saturated rings. The van der Waals surface area contributed by atoms with Crippen molar-refractivity contribution in [1.82, 2.24) is 5.43 Å². The Bertz CT molecular complexity index is 722. The van der Waals surface area contributed by atoms with Crippen LogP contribution in [0.1, 0.15) is 5.56 Å². The van der Waals surface area contributed by atoms with Crippen LogP contribution in [0.3, 0.4) is 0 Å². The van der Waals surface area contributed by atoms with Gasteiger partial charge in [-0.1, -0.05) is 35.9 Å². The number of nitrogens with one attached hydrogen (secondary N) is 2. The predicted octanol–water partition coefficient (Wildman–Crippen LogP) is 3.57. The van der Waals surface area contributed by atoms with Gasteiger partial charge in [-0.25, -0.2) is 0 Å². The highest BCUT2D eigenvalue weighted by atomic mass is 35.5. The van der Waals surface area contributed by atoms with Crippen molar-refractivity contribution in [1.29, 1.82) is 0 Å². The van der Waals surface area contributed by atoms with E-state index in [2.05, 4.69) is 15.8 Å². The largest absolute Gasteiger partial charge is 0.331 e. The molecular formula is C14H11ClN4O2S. The molecule has 0 aromatic heterocycles. The zero-order valence-electron chi connectivity index (χ0n) is 11.2. The van der Waals surface area contributed by atoms with Gasteiger partial charge < -0.3 is 5.32 Å². The minimum Gasteiger partial charge on any atom is -0.331 e. The summed E-state index contributed by atoms with van der Waals surface area (Å²) in [5.74, 6) is 0. The zero-order chi connectivity index (χ0) is 15.9. The van der Waals surface area contributed by atoms with E-state index in [1.165, 1.54) is 18.3 Å². The van der Waals surface area contributed by atoms with E-state index in [1.807, 2.05) is 30.3 Å². The number of nitro benzene ring substituents is 1. The van der Waals surface area contributed by atoms with Gasteiger partial charge in [0.2, 0.25) is 0 Å². The Hall–Kier alpha value is -2.51. The van der Waals surface area contributed by atoms with Gasteiger partial charge in [-0.15, -0.1) is 0 Å². The lowest BCUT2D eigenvalue weighted by Crippen LogP contribution is -2.23. The molecule has 0 aliphatic heterocycles. The molecule has 0 saturated heterocycles. The van der Waals surface area contributed by atoms with Crippen LogP contribution in [0.4, 0.5) is 11.4 Å². The van der Waals surface area contributed by atoms with Gasteiger partial charge in [0.05, 0.1) is 21.7 Å². The van der Waals surface area contributed by atoms with E-state index in [0.717, 1.165) is 5.69 Å². The second kappa shape index (κ2) is 7.48. The topological polar surface area (TPSA) is 79.6 Å². The number of hydrogen-bond donors (Lipinski definition) is 2. The van der Waals surface area contributed by atoms with Gasteiger partial charge in [-0.2, -0.15) is 5.10 Å². The molecule has 22 heavy (non-hydrogen) atoms. The van der Waals surface area contributed by atoms with Crippen LogP contribution < -0.4 is 10.7 Å². The van der Waals surface area contributed by atoms with Crippen molar-refractivity contribution in [3.8, 4) is 0 Å². The van der Waals surface area contributed by atoms with Crippen LogP contribution in [0.2, 0.25) is 5.02 Å². The molecule has 0 spiro atoms. The number of para-hydroxylation sites is 1. The molecule has 0 bridgehead atoms. The first-order chi connectivity index (χ1) is 10.6. The third-order valence-electron chi connectivity index (χ3n) is 2.62. The van der Waals surface area contributed by atoms with Gasteiger partial charge in [0.15, 0.2) is 5.11 Å². The van der Waals surface area contributed by atoms with Crippen molar-refractivity contribution in [3.05, 3.63) is 69.2 Å². The molecule has 0 amide bonds. The highest BCUT2D eigenvalue weighted by Crippen LogP contribution is 2.24. The number of rotatable bonds is 4. The third kappa shape index (κ3) is 4.24. The molecule has 0 aliphatic carbocycles. The Morgan fingerprint density at radius 3 is 2.64 bits per heavy atom. The van der Waals surface area contributed by atoms with Crippen molar-refractivity contribution in [2.24, 2.45) is 5.10 Å². The Morgan fingerprint density at radius 1 is 1.23 bits per heavy atom. The van der Waals surface area contributed by atoms with Crippen LogP contribution in [0.25, 0.3) is 0 Å². The zero-order valence-corrected chi connectivity index (χ0v) is 12.8.